The molecule has 4 rings (SSSR count). The molecule has 0 aliphatic carbocycles. The number of nitro benzene ring substituents is 1. The van der Waals surface area contributed by atoms with Gasteiger partial charge >= 0.3 is 0 Å². The molecule has 2 aliphatic heterocycles. The SMILES string of the molecule is Cc1cc(N2CCN(CC3CCOC3)CC2)nc(-c2cccc([N+](=O)[O-])c2)n1. The number of anilines is 1. The molecule has 0 amide bonds. The molecule has 3 heterocycles. The van der Waals surface area contributed by atoms with E-state index in [1.54, 1.807) is 6.07 Å². The van der Waals surface area contributed by atoms with Crippen LogP contribution in [0.5, 0.6) is 0 Å². The highest BCUT2D eigenvalue weighted by Gasteiger charge is 2.24. The van der Waals surface area contributed by atoms with Crippen molar-refractivity contribution < 1.29 is 9.66 Å². The summed E-state index contributed by atoms with van der Waals surface area (Å²) in [4.78, 5) is 24.7. The molecule has 1 atom stereocenters. The number of benzene rings is 1. The van der Waals surface area contributed by atoms with Crippen molar-refractivity contribution in [2.45, 2.75) is 13.3 Å². The number of ether oxygens (including phenoxy) is 1. The van der Waals surface area contributed by atoms with Crippen LogP contribution in [0.15, 0.2) is 30.3 Å². The standard InChI is InChI=1S/C20H25N5O3/c1-15-11-19(22-20(21-15)17-3-2-4-18(12-17)25(26)27)24-8-6-23(7-9-24)13-16-5-10-28-14-16/h2-4,11-12,16H,5-10,13-14H2,1H3. The second-order valence-corrected chi connectivity index (χ2v) is 7.52. The predicted molar refractivity (Wildman–Crippen MR) is 106 cm³/mol. The van der Waals surface area contributed by atoms with E-state index in [2.05, 4.69) is 14.8 Å². The summed E-state index contributed by atoms with van der Waals surface area (Å²) < 4.78 is 5.48. The minimum atomic E-state index is -0.394. The zero-order valence-electron chi connectivity index (χ0n) is 16.1. The fourth-order valence-electron chi connectivity index (χ4n) is 3.85. The van der Waals surface area contributed by atoms with E-state index in [0.29, 0.717) is 17.3 Å². The van der Waals surface area contributed by atoms with E-state index in [4.69, 9.17) is 9.72 Å². The van der Waals surface area contributed by atoms with Gasteiger partial charge in [0, 0.05) is 68.8 Å². The van der Waals surface area contributed by atoms with Crippen molar-refractivity contribution >= 4 is 11.5 Å². The van der Waals surface area contributed by atoms with Crippen LogP contribution in [0.2, 0.25) is 0 Å². The second kappa shape index (κ2) is 8.20. The number of non-ortho nitro benzene ring substituents is 1. The number of hydrogen-bond acceptors (Lipinski definition) is 7. The van der Waals surface area contributed by atoms with E-state index in [-0.39, 0.29) is 5.69 Å². The lowest BCUT2D eigenvalue weighted by atomic mass is 10.1. The smallest absolute Gasteiger partial charge is 0.270 e. The zero-order valence-corrected chi connectivity index (χ0v) is 16.1. The van der Waals surface area contributed by atoms with E-state index in [9.17, 15) is 10.1 Å². The summed E-state index contributed by atoms with van der Waals surface area (Å²) in [5.41, 5.74) is 1.57. The Hall–Kier alpha value is -2.58. The average molecular weight is 383 g/mol. The van der Waals surface area contributed by atoms with Gasteiger partial charge < -0.3 is 9.64 Å². The largest absolute Gasteiger partial charge is 0.381 e. The molecule has 2 aromatic rings. The van der Waals surface area contributed by atoms with Gasteiger partial charge in [-0.15, -0.1) is 0 Å². The number of aromatic nitrogens is 2. The summed E-state index contributed by atoms with van der Waals surface area (Å²) in [6.45, 7) is 8.66. The summed E-state index contributed by atoms with van der Waals surface area (Å²) in [7, 11) is 0. The van der Waals surface area contributed by atoms with Crippen molar-refractivity contribution in [3.8, 4) is 11.4 Å². The molecular weight excluding hydrogens is 358 g/mol. The predicted octanol–water partition coefficient (Wildman–Crippen LogP) is 2.52. The first kappa shape index (κ1) is 18.8. The van der Waals surface area contributed by atoms with Gasteiger partial charge in [0.15, 0.2) is 5.82 Å². The minimum Gasteiger partial charge on any atom is -0.381 e. The van der Waals surface area contributed by atoms with Crippen LogP contribution in [-0.4, -0.2) is 65.7 Å². The molecule has 1 aromatic carbocycles. The molecule has 148 valence electrons. The highest BCUT2D eigenvalue weighted by Crippen LogP contribution is 2.24. The average Bonchev–Trinajstić information content (AvgIpc) is 3.21. The van der Waals surface area contributed by atoms with E-state index in [1.165, 1.54) is 12.1 Å². The van der Waals surface area contributed by atoms with Gasteiger partial charge in [0.05, 0.1) is 11.5 Å². The number of nitro groups is 1. The third kappa shape index (κ3) is 4.28. The van der Waals surface area contributed by atoms with E-state index >= 15 is 0 Å². The molecule has 2 aliphatic rings. The van der Waals surface area contributed by atoms with Gasteiger partial charge in [0.25, 0.3) is 5.69 Å². The lowest BCUT2D eigenvalue weighted by Crippen LogP contribution is -2.48. The maximum Gasteiger partial charge on any atom is 0.270 e. The van der Waals surface area contributed by atoms with Crippen molar-refractivity contribution in [2.75, 3.05) is 50.8 Å². The van der Waals surface area contributed by atoms with Gasteiger partial charge in [-0.3, -0.25) is 15.0 Å². The Kier molecular flexibility index (Phi) is 5.50. The van der Waals surface area contributed by atoms with Crippen LogP contribution >= 0.6 is 0 Å². The Balaban J connectivity index is 1.47. The van der Waals surface area contributed by atoms with Crippen LogP contribution < -0.4 is 4.90 Å². The highest BCUT2D eigenvalue weighted by atomic mass is 16.6. The van der Waals surface area contributed by atoms with Crippen LogP contribution in [-0.2, 0) is 4.74 Å². The first-order chi connectivity index (χ1) is 13.6. The van der Waals surface area contributed by atoms with Gasteiger partial charge in [-0.2, -0.15) is 0 Å². The van der Waals surface area contributed by atoms with E-state index in [0.717, 1.165) is 63.9 Å². The fraction of sp³-hybridized carbons (Fsp3) is 0.500. The van der Waals surface area contributed by atoms with Gasteiger partial charge in [-0.1, -0.05) is 12.1 Å². The Labute approximate surface area is 164 Å². The van der Waals surface area contributed by atoms with Crippen molar-refractivity contribution in [1.29, 1.82) is 0 Å². The fourth-order valence-corrected chi connectivity index (χ4v) is 3.85. The molecule has 8 heteroatoms. The second-order valence-electron chi connectivity index (χ2n) is 7.52. The van der Waals surface area contributed by atoms with E-state index in [1.807, 2.05) is 19.1 Å². The van der Waals surface area contributed by atoms with Gasteiger partial charge in [-0.05, 0) is 19.3 Å². The molecule has 8 nitrogen and oxygen atoms in total. The van der Waals surface area contributed by atoms with Crippen molar-refractivity contribution in [1.82, 2.24) is 14.9 Å². The van der Waals surface area contributed by atoms with Crippen molar-refractivity contribution in [3.05, 3.63) is 46.1 Å². The number of piperazine rings is 1. The molecule has 0 radical (unpaired) electrons. The van der Waals surface area contributed by atoms with Gasteiger partial charge in [0.1, 0.15) is 5.82 Å². The van der Waals surface area contributed by atoms with Gasteiger partial charge in [-0.25, -0.2) is 9.97 Å². The maximum atomic E-state index is 11.1. The normalized spacial score (nSPS) is 20.5. The highest BCUT2D eigenvalue weighted by molar-refractivity contribution is 5.61. The van der Waals surface area contributed by atoms with Crippen molar-refractivity contribution in [2.24, 2.45) is 5.92 Å². The summed E-state index contributed by atoms with van der Waals surface area (Å²) in [6.07, 6.45) is 1.16. The first-order valence-corrected chi connectivity index (χ1v) is 9.74. The van der Waals surface area contributed by atoms with Crippen LogP contribution in [0.1, 0.15) is 12.1 Å². The van der Waals surface area contributed by atoms with Crippen LogP contribution in [0.25, 0.3) is 11.4 Å². The van der Waals surface area contributed by atoms with Crippen LogP contribution in [0.3, 0.4) is 0 Å². The van der Waals surface area contributed by atoms with Crippen molar-refractivity contribution in [3.63, 3.8) is 0 Å². The summed E-state index contributed by atoms with van der Waals surface area (Å²) in [6, 6.07) is 8.48. The quantitative estimate of drug-likeness (QED) is 0.579. The molecule has 0 spiro atoms. The Bertz CT molecular complexity index is 845. The monoisotopic (exact) mass is 383 g/mol. The number of nitrogens with zero attached hydrogens (tertiary/aromatic N) is 5. The molecule has 0 saturated carbocycles. The Morgan fingerprint density at radius 3 is 2.75 bits per heavy atom. The van der Waals surface area contributed by atoms with Crippen LogP contribution in [0, 0.1) is 23.0 Å². The van der Waals surface area contributed by atoms with E-state index < -0.39 is 4.92 Å². The molecule has 2 saturated heterocycles. The summed E-state index contributed by atoms with van der Waals surface area (Å²) >= 11 is 0. The van der Waals surface area contributed by atoms with Crippen LogP contribution in [0.4, 0.5) is 11.5 Å². The molecule has 28 heavy (non-hydrogen) atoms. The molecule has 1 unspecified atom stereocenters. The topological polar surface area (TPSA) is 84.6 Å². The zero-order chi connectivity index (χ0) is 19.5. The summed E-state index contributed by atoms with van der Waals surface area (Å²) in [5, 5.41) is 11.1. The minimum absolute atomic E-state index is 0.0497. The lowest BCUT2D eigenvalue weighted by Gasteiger charge is -2.36. The first-order valence-electron chi connectivity index (χ1n) is 9.74. The third-order valence-corrected chi connectivity index (χ3v) is 5.39. The maximum absolute atomic E-state index is 11.1. The number of hydrogen-bond donors (Lipinski definition) is 0. The molecule has 0 bridgehead atoms. The Morgan fingerprint density at radius 1 is 1.21 bits per heavy atom. The number of aryl methyl sites for hydroxylation is 1. The third-order valence-electron chi connectivity index (χ3n) is 5.39. The Morgan fingerprint density at radius 2 is 2.04 bits per heavy atom. The molecule has 1 aromatic heterocycles. The molecule has 2 fully saturated rings. The van der Waals surface area contributed by atoms with Gasteiger partial charge in [0.2, 0.25) is 0 Å². The summed E-state index contributed by atoms with van der Waals surface area (Å²) in [5.74, 6) is 2.08. The number of rotatable bonds is 5. The molecular formula is C20H25N5O3. The lowest BCUT2D eigenvalue weighted by molar-refractivity contribution is -0.384. The molecule has 0 N–H and O–H groups in total.